The first-order chi connectivity index (χ1) is 11.5. The summed E-state index contributed by atoms with van der Waals surface area (Å²) in [6.45, 7) is 3.30. The van der Waals surface area contributed by atoms with Crippen molar-refractivity contribution in [2.45, 2.75) is 32.3 Å². The van der Waals surface area contributed by atoms with Crippen LogP contribution in [-0.2, 0) is 9.53 Å². The molecule has 2 saturated heterocycles. The van der Waals surface area contributed by atoms with Crippen LogP contribution in [0, 0.1) is 24.6 Å². The first-order valence-corrected chi connectivity index (χ1v) is 8.44. The quantitative estimate of drug-likeness (QED) is 0.917. The molecule has 0 spiro atoms. The summed E-state index contributed by atoms with van der Waals surface area (Å²) in [4.78, 5) is 25.8. The molecule has 3 rings (SSSR count). The highest BCUT2D eigenvalue weighted by atomic mass is 19.1. The van der Waals surface area contributed by atoms with Crippen LogP contribution in [0.5, 0.6) is 0 Å². The lowest BCUT2D eigenvalue weighted by Gasteiger charge is -2.35. The van der Waals surface area contributed by atoms with Gasteiger partial charge in [0.05, 0.1) is 17.6 Å². The summed E-state index contributed by atoms with van der Waals surface area (Å²) in [7, 11) is 0. The van der Waals surface area contributed by atoms with Crippen LogP contribution < -0.4 is 5.73 Å². The van der Waals surface area contributed by atoms with Gasteiger partial charge < -0.3 is 15.4 Å². The van der Waals surface area contributed by atoms with Crippen LogP contribution in [0.2, 0.25) is 0 Å². The Morgan fingerprint density at radius 1 is 1.25 bits per heavy atom. The van der Waals surface area contributed by atoms with E-state index in [4.69, 9.17) is 10.5 Å². The first-order valence-electron chi connectivity index (χ1n) is 8.44. The maximum absolute atomic E-state index is 14.2. The predicted molar refractivity (Wildman–Crippen MR) is 86.8 cm³/mol. The van der Waals surface area contributed by atoms with Gasteiger partial charge in [0, 0.05) is 19.7 Å². The number of ether oxygens (including phenoxy) is 1. The van der Waals surface area contributed by atoms with Crippen molar-refractivity contribution >= 4 is 11.8 Å². The molecule has 0 aliphatic carbocycles. The zero-order valence-corrected chi connectivity index (χ0v) is 13.8. The average Bonchev–Trinajstić information content (AvgIpc) is 3.07. The molecule has 0 saturated carbocycles. The average molecular weight is 334 g/mol. The Labute approximate surface area is 141 Å². The van der Waals surface area contributed by atoms with Crippen molar-refractivity contribution in [2.75, 3.05) is 19.7 Å². The monoisotopic (exact) mass is 334 g/mol. The number of amides is 2. The van der Waals surface area contributed by atoms with E-state index in [2.05, 4.69) is 0 Å². The van der Waals surface area contributed by atoms with E-state index in [1.807, 2.05) is 0 Å². The molecule has 24 heavy (non-hydrogen) atoms. The van der Waals surface area contributed by atoms with E-state index in [1.165, 1.54) is 6.07 Å². The Bertz CT molecular complexity index is 641. The highest BCUT2D eigenvalue weighted by Gasteiger charge is 2.40. The number of aryl methyl sites for hydroxylation is 1. The third-order valence-corrected chi connectivity index (χ3v) is 5.21. The Morgan fingerprint density at radius 3 is 2.62 bits per heavy atom. The van der Waals surface area contributed by atoms with Crippen molar-refractivity contribution in [3.05, 3.63) is 35.1 Å². The molecule has 0 aromatic heterocycles. The standard InChI is InChI=1S/C18H23FN2O3/c1-11-3-2-4-13(15(11)19)18(23)21-8-5-12(6-9-21)16-14(17(20)22)7-10-24-16/h2-4,12,14,16H,5-10H2,1H3,(H2,20,22)/t14-,16+/m0/s1. The van der Waals surface area contributed by atoms with E-state index in [-0.39, 0.29) is 35.3 Å². The molecule has 2 N–H and O–H groups in total. The lowest BCUT2D eigenvalue weighted by atomic mass is 9.84. The highest BCUT2D eigenvalue weighted by Crippen LogP contribution is 2.33. The molecule has 2 atom stereocenters. The Morgan fingerprint density at radius 2 is 1.96 bits per heavy atom. The molecule has 2 heterocycles. The summed E-state index contributed by atoms with van der Waals surface area (Å²) in [5.74, 6) is -1.04. The zero-order valence-electron chi connectivity index (χ0n) is 13.8. The molecule has 0 bridgehead atoms. The number of halogens is 1. The number of carbonyl (C=O) groups is 2. The predicted octanol–water partition coefficient (Wildman–Crippen LogP) is 1.88. The van der Waals surface area contributed by atoms with E-state index in [9.17, 15) is 14.0 Å². The largest absolute Gasteiger partial charge is 0.377 e. The Hall–Kier alpha value is -1.95. The lowest BCUT2D eigenvalue weighted by molar-refractivity contribution is -0.124. The summed E-state index contributed by atoms with van der Waals surface area (Å²) in [5.41, 5.74) is 6.05. The minimum atomic E-state index is -0.447. The van der Waals surface area contributed by atoms with Gasteiger partial charge in [0.25, 0.3) is 5.91 Å². The second kappa shape index (κ2) is 6.89. The van der Waals surface area contributed by atoms with Gasteiger partial charge in [-0.05, 0) is 43.7 Å². The molecular formula is C18H23FN2O3. The minimum Gasteiger partial charge on any atom is -0.377 e. The molecule has 6 heteroatoms. The van der Waals surface area contributed by atoms with E-state index in [0.29, 0.717) is 31.7 Å². The van der Waals surface area contributed by atoms with Gasteiger partial charge in [0.2, 0.25) is 5.91 Å². The van der Waals surface area contributed by atoms with E-state index in [0.717, 1.165) is 12.8 Å². The molecule has 1 aromatic carbocycles. The third-order valence-electron chi connectivity index (χ3n) is 5.21. The molecule has 1 aromatic rings. The number of nitrogens with two attached hydrogens (primary N) is 1. The normalized spacial score (nSPS) is 25.0. The summed E-state index contributed by atoms with van der Waals surface area (Å²) < 4.78 is 19.9. The summed E-state index contributed by atoms with van der Waals surface area (Å²) in [6.07, 6.45) is 2.02. The van der Waals surface area contributed by atoms with Gasteiger partial charge in [-0.15, -0.1) is 0 Å². The van der Waals surface area contributed by atoms with Crippen molar-refractivity contribution in [3.8, 4) is 0 Å². The summed E-state index contributed by atoms with van der Waals surface area (Å²) in [6, 6.07) is 4.88. The number of carbonyl (C=O) groups excluding carboxylic acids is 2. The van der Waals surface area contributed by atoms with E-state index < -0.39 is 5.82 Å². The second-order valence-corrected chi connectivity index (χ2v) is 6.70. The zero-order chi connectivity index (χ0) is 17.3. The number of hydrogen-bond acceptors (Lipinski definition) is 3. The molecule has 0 unspecified atom stereocenters. The number of primary amides is 1. The van der Waals surface area contributed by atoms with Gasteiger partial charge in [-0.2, -0.15) is 0 Å². The van der Waals surface area contributed by atoms with E-state index in [1.54, 1.807) is 24.0 Å². The molecule has 2 fully saturated rings. The van der Waals surface area contributed by atoms with Crippen LogP contribution in [0.3, 0.4) is 0 Å². The number of hydrogen-bond donors (Lipinski definition) is 1. The Balaban J connectivity index is 1.64. The third kappa shape index (κ3) is 3.15. The molecule has 0 radical (unpaired) electrons. The molecule has 130 valence electrons. The number of piperidine rings is 1. The van der Waals surface area contributed by atoms with Crippen molar-refractivity contribution < 1.29 is 18.7 Å². The lowest BCUT2D eigenvalue weighted by Crippen LogP contribution is -2.44. The number of benzene rings is 1. The second-order valence-electron chi connectivity index (χ2n) is 6.70. The maximum Gasteiger partial charge on any atom is 0.256 e. The first kappa shape index (κ1) is 16.9. The van der Waals surface area contributed by atoms with Gasteiger partial charge in [-0.1, -0.05) is 12.1 Å². The smallest absolute Gasteiger partial charge is 0.256 e. The van der Waals surface area contributed by atoms with Gasteiger partial charge >= 0.3 is 0 Å². The molecular weight excluding hydrogens is 311 g/mol. The van der Waals surface area contributed by atoms with Gasteiger partial charge in [0.15, 0.2) is 0 Å². The minimum absolute atomic E-state index is 0.126. The van der Waals surface area contributed by atoms with Gasteiger partial charge in [-0.3, -0.25) is 9.59 Å². The molecule has 2 aliphatic heterocycles. The van der Waals surface area contributed by atoms with Crippen LogP contribution in [-0.4, -0.2) is 42.5 Å². The Kier molecular flexibility index (Phi) is 4.85. The highest BCUT2D eigenvalue weighted by molar-refractivity contribution is 5.94. The molecule has 2 amide bonds. The van der Waals surface area contributed by atoms with Crippen molar-refractivity contribution in [1.82, 2.24) is 4.90 Å². The summed E-state index contributed by atoms with van der Waals surface area (Å²) in [5, 5.41) is 0. The van der Waals surface area contributed by atoms with Gasteiger partial charge in [0.1, 0.15) is 5.82 Å². The fraction of sp³-hybridized carbons (Fsp3) is 0.556. The fourth-order valence-electron chi connectivity index (χ4n) is 3.79. The van der Waals surface area contributed by atoms with Crippen LogP contribution in [0.1, 0.15) is 35.2 Å². The van der Waals surface area contributed by atoms with Crippen LogP contribution in [0.25, 0.3) is 0 Å². The van der Waals surface area contributed by atoms with Crippen LogP contribution in [0.4, 0.5) is 4.39 Å². The summed E-state index contributed by atoms with van der Waals surface area (Å²) >= 11 is 0. The number of likely N-dealkylation sites (tertiary alicyclic amines) is 1. The fourth-order valence-corrected chi connectivity index (χ4v) is 3.79. The van der Waals surface area contributed by atoms with Crippen molar-refractivity contribution in [1.29, 1.82) is 0 Å². The molecule has 5 nitrogen and oxygen atoms in total. The van der Waals surface area contributed by atoms with Crippen molar-refractivity contribution in [3.63, 3.8) is 0 Å². The van der Waals surface area contributed by atoms with Crippen LogP contribution in [0.15, 0.2) is 18.2 Å². The molecule has 2 aliphatic rings. The van der Waals surface area contributed by atoms with Crippen molar-refractivity contribution in [2.24, 2.45) is 17.6 Å². The SMILES string of the molecule is Cc1cccc(C(=O)N2CCC([C@H]3OCC[C@@H]3C(N)=O)CC2)c1F. The maximum atomic E-state index is 14.2. The van der Waals surface area contributed by atoms with E-state index >= 15 is 0 Å². The van der Waals surface area contributed by atoms with Gasteiger partial charge in [-0.25, -0.2) is 4.39 Å². The van der Waals surface area contributed by atoms with Crippen LogP contribution >= 0.6 is 0 Å². The number of rotatable bonds is 3. The topological polar surface area (TPSA) is 72.6 Å². The number of nitrogens with zero attached hydrogens (tertiary/aromatic N) is 1.